The molecule has 2 unspecified atom stereocenters. The molecule has 0 aliphatic carbocycles. The highest BCUT2D eigenvalue weighted by Gasteiger charge is 2.18. The number of sulfonamides is 1. The maximum absolute atomic E-state index is 12.2. The van der Waals surface area contributed by atoms with E-state index < -0.39 is 10.0 Å². The zero-order valence-corrected chi connectivity index (χ0v) is 13.4. The zero-order valence-electron chi connectivity index (χ0n) is 11.8. The molecule has 108 valence electrons. The largest absolute Gasteiger partial charge is 0.313 e. The normalized spacial score (nSPS) is 15.2. The molecule has 0 aliphatic rings. The second-order valence-electron chi connectivity index (χ2n) is 4.56. The van der Waals surface area contributed by atoms with Crippen molar-refractivity contribution in [3.63, 3.8) is 0 Å². The molecule has 4 nitrogen and oxygen atoms in total. The van der Waals surface area contributed by atoms with Gasteiger partial charge in [0.1, 0.15) is 0 Å². The molecular formula is C13H22N2O2S2. The summed E-state index contributed by atoms with van der Waals surface area (Å²) < 4.78 is 27.2. The third kappa shape index (κ3) is 4.80. The fourth-order valence-electron chi connectivity index (χ4n) is 1.73. The second kappa shape index (κ2) is 7.28. The standard InChI is InChI=1S/C13H22N2O2S2/c1-10(9-18-4)15-19(16,17)13-7-5-6-12(8-13)11(2)14-3/h5-8,10-11,14-15H,9H2,1-4H3. The first kappa shape index (κ1) is 16.5. The Morgan fingerprint density at radius 3 is 2.58 bits per heavy atom. The van der Waals surface area contributed by atoms with Crippen molar-refractivity contribution in [1.82, 2.24) is 10.0 Å². The van der Waals surface area contributed by atoms with E-state index >= 15 is 0 Å². The number of nitrogens with one attached hydrogen (secondary N) is 2. The van der Waals surface area contributed by atoms with Gasteiger partial charge in [0.25, 0.3) is 0 Å². The highest BCUT2D eigenvalue weighted by atomic mass is 32.2. The lowest BCUT2D eigenvalue weighted by atomic mass is 10.1. The molecule has 1 aromatic carbocycles. The van der Waals surface area contributed by atoms with Crippen molar-refractivity contribution in [3.8, 4) is 0 Å². The first-order chi connectivity index (χ1) is 8.90. The van der Waals surface area contributed by atoms with Gasteiger partial charge in [-0.1, -0.05) is 12.1 Å². The van der Waals surface area contributed by atoms with Gasteiger partial charge in [-0.05, 0) is 44.8 Å². The predicted molar refractivity (Wildman–Crippen MR) is 82.1 cm³/mol. The number of hydrogen-bond acceptors (Lipinski definition) is 4. The van der Waals surface area contributed by atoms with Crippen LogP contribution < -0.4 is 10.0 Å². The van der Waals surface area contributed by atoms with Crippen molar-refractivity contribution in [2.24, 2.45) is 0 Å². The summed E-state index contributed by atoms with van der Waals surface area (Å²) in [7, 11) is -1.59. The van der Waals surface area contributed by atoms with Crippen LogP contribution in [0.1, 0.15) is 25.5 Å². The van der Waals surface area contributed by atoms with Crippen LogP contribution in [0.25, 0.3) is 0 Å². The van der Waals surface area contributed by atoms with Gasteiger partial charge in [0.05, 0.1) is 4.90 Å². The number of benzene rings is 1. The van der Waals surface area contributed by atoms with Crippen molar-refractivity contribution in [2.45, 2.75) is 30.8 Å². The van der Waals surface area contributed by atoms with Gasteiger partial charge in [-0.3, -0.25) is 0 Å². The molecule has 0 bridgehead atoms. The Labute approximate surface area is 120 Å². The van der Waals surface area contributed by atoms with Crippen molar-refractivity contribution in [3.05, 3.63) is 29.8 Å². The van der Waals surface area contributed by atoms with E-state index in [0.29, 0.717) is 4.90 Å². The topological polar surface area (TPSA) is 58.2 Å². The van der Waals surface area contributed by atoms with Gasteiger partial charge in [0.15, 0.2) is 0 Å². The number of thioether (sulfide) groups is 1. The third-order valence-electron chi connectivity index (χ3n) is 2.87. The molecule has 0 radical (unpaired) electrons. The minimum atomic E-state index is -3.44. The van der Waals surface area contributed by atoms with E-state index in [4.69, 9.17) is 0 Å². The molecule has 0 saturated heterocycles. The van der Waals surface area contributed by atoms with Gasteiger partial charge in [-0.15, -0.1) is 0 Å². The summed E-state index contributed by atoms with van der Waals surface area (Å²) >= 11 is 1.62. The Hall–Kier alpha value is -0.560. The average Bonchev–Trinajstić information content (AvgIpc) is 2.37. The van der Waals surface area contributed by atoms with Gasteiger partial charge in [-0.2, -0.15) is 11.8 Å². The van der Waals surface area contributed by atoms with Crippen LogP contribution in [0.2, 0.25) is 0 Å². The molecule has 0 aromatic heterocycles. The average molecular weight is 302 g/mol. The van der Waals surface area contributed by atoms with E-state index in [9.17, 15) is 8.42 Å². The van der Waals surface area contributed by atoms with Crippen LogP contribution >= 0.6 is 11.8 Å². The zero-order chi connectivity index (χ0) is 14.5. The minimum absolute atomic E-state index is 0.0784. The van der Waals surface area contributed by atoms with Gasteiger partial charge in [-0.25, -0.2) is 13.1 Å². The molecule has 0 amide bonds. The van der Waals surface area contributed by atoms with E-state index in [0.717, 1.165) is 11.3 Å². The summed E-state index contributed by atoms with van der Waals surface area (Å²) in [5, 5.41) is 3.10. The second-order valence-corrected chi connectivity index (χ2v) is 7.19. The maximum atomic E-state index is 12.2. The lowest BCUT2D eigenvalue weighted by Gasteiger charge is -2.15. The van der Waals surface area contributed by atoms with Crippen LogP contribution in [-0.2, 0) is 10.0 Å². The fraction of sp³-hybridized carbons (Fsp3) is 0.538. The smallest absolute Gasteiger partial charge is 0.240 e. The van der Waals surface area contributed by atoms with E-state index in [-0.39, 0.29) is 12.1 Å². The van der Waals surface area contributed by atoms with E-state index in [1.54, 1.807) is 30.0 Å². The van der Waals surface area contributed by atoms with Gasteiger partial charge >= 0.3 is 0 Å². The first-order valence-electron chi connectivity index (χ1n) is 6.19. The van der Waals surface area contributed by atoms with Crippen LogP contribution in [0.15, 0.2) is 29.2 Å². The van der Waals surface area contributed by atoms with E-state index in [1.165, 1.54) is 0 Å². The van der Waals surface area contributed by atoms with Gasteiger partial charge in [0, 0.05) is 17.8 Å². The Bertz CT molecular complexity index is 503. The van der Waals surface area contributed by atoms with Crippen LogP contribution in [0.5, 0.6) is 0 Å². The van der Waals surface area contributed by atoms with Gasteiger partial charge in [0.2, 0.25) is 10.0 Å². The Morgan fingerprint density at radius 1 is 1.32 bits per heavy atom. The Kier molecular flexibility index (Phi) is 6.32. The quantitative estimate of drug-likeness (QED) is 0.809. The summed E-state index contributed by atoms with van der Waals surface area (Å²) in [4.78, 5) is 0.319. The van der Waals surface area contributed by atoms with Crippen LogP contribution in [0.3, 0.4) is 0 Å². The predicted octanol–water partition coefficient (Wildman–Crippen LogP) is 2.00. The summed E-state index contributed by atoms with van der Waals surface area (Å²) in [5.74, 6) is 0.756. The molecule has 0 saturated carbocycles. The maximum Gasteiger partial charge on any atom is 0.240 e. The summed E-state index contributed by atoms with van der Waals surface area (Å²) in [6.45, 7) is 3.86. The Balaban J connectivity index is 2.95. The fourth-order valence-corrected chi connectivity index (χ4v) is 3.72. The molecular weight excluding hydrogens is 280 g/mol. The van der Waals surface area contributed by atoms with Crippen molar-refractivity contribution in [2.75, 3.05) is 19.1 Å². The summed E-state index contributed by atoms with van der Waals surface area (Å²) in [6.07, 6.45) is 1.96. The lowest BCUT2D eigenvalue weighted by molar-refractivity contribution is 0.570. The molecule has 2 atom stereocenters. The molecule has 19 heavy (non-hydrogen) atoms. The van der Waals surface area contributed by atoms with Gasteiger partial charge < -0.3 is 5.32 Å². The van der Waals surface area contributed by atoms with E-state index in [2.05, 4.69) is 10.0 Å². The molecule has 6 heteroatoms. The molecule has 0 spiro atoms. The molecule has 0 fully saturated rings. The minimum Gasteiger partial charge on any atom is -0.313 e. The van der Waals surface area contributed by atoms with Crippen molar-refractivity contribution < 1.29 is 8.42 Å². The van der Waals surface area contributed by atoms with Crippen molar-refractivity contribution in [1.29, 1.82) is 0 Å². The number of rotatable bonds is 7. The van der Waals surface area contributed by atoms with Crippen molar-refractivity contribution >= 4 is 21.8 Å². The monoisotopic (exact) mass is 302 g/mol. The van der Waals surface area contributed by atoms with Crippen LogP contribution in [-0.4, -0.2) is 33.5 Å². The van der Waals surface area contributed by atoms with Crippen LogP contribution in [0.4, 0.5) is 0 Å². The first-order valence-corrected chi connectivity index (χ1v) is 9.07. The highest BCUT2D eigenvalue weighted by Crippen LogP contribution is 2.17. The molecule has 1 aromatic rings. The molecule has 0 aliphatic heterocycles. The SMILES string of the molecule is CNC(C)c1cccc(S(=O)(=O)NC(C)CSC)c1. The molecule has 2 N–H and O–H groups in total. The summed E-state index contributed by atoms with van der Waals surface area (Å²) in [6, 6.07) is 7.09. The van der Waals surface area contributed by atoms with Crippen LogP contribution in [0, 0.1) is 0 Å². The Morgan fingerprint density at radius 2 is 2.00 bits per heavy atom. The third-order valence-corrected chi connectivity index (χ3v) is 5.29. The summed E-state index contributed by atoms with van der Waals surface area (Å²) in [5.41, 5.74) is 0.961. The van der Waals surface area contributed by atoms with E-state index in [1.807, 2.05) is 33.2 Å². The number of hydrogen-bond donors (Lipinski definition) is 2. The molecule has 1 rings (SSSR count). The molecule has 0 heterocycles. The lowest BCUT2D eigenvalue weighted by Crippen LogP contribution is -2.34. The highest BCUT2D eigenvalue weighted by molar-refractivity contribution is 7.98.